The molecule has 7 atom stereocenters. The molecule has 4 heteroatoms. The summed E-state index contributed by atoms with van der Waals surface area (Å²) in [6.07, 6.45) is 12.7. The van der Waals surface area contributed by atoms with Crippen LogP contribution in [0.4, 0.5) is 0 Å². The summed E-state index contributed by atoms with van der Waals surface area (Å²) in [6, 6.07) is 0. The van der Waals surface area contributed by atoms with Gasteiger partial charge < -0.3 is 5.11 Å². The molecule has 158 valence electrons. The number of aliphatic hydroxyl groups is 1. The first-order chi connectivity index (χ1) is 13.7. The number of aryl methyl sites for hydroxylation is 1. The summed E-state index contributed by atoms with van der Waals surface area (Å²) < 4.78 is 1.89. The van der Waals surface area contributed by atoms with Crippen molar-refractivity contribution in [2.75, 3.05) is 0 Å². The first-order valence-corrected chi connectivity index (χ1v) is 11.7. The molecular formula is C25H36N2O2. The van der Waals surface area contributed by atoms with E-state index in [9.17, 15) is 9.90 Å². The van der Waals surface area contributed by atoms with Crippen LogP contribution >= 0.6 is 0 Å². The summed E-state index contributed by atoms with van der Waals surface area (Å²) in [5, 5.41) is 14.6. The van der Waals surface area contributed by atoms with Crippen LogP contribution in [0.25, 0.3) is 6.08 Å². The van der Waals surface area contributed by atoms with Gasteiger partial charge in [-0.25, -0.2) is 0 Å². The Hall–Kier alpha value is -1.42. The summed E-state index contributed by atoms with van der Waals surface area (Å²) in [4.78, 5) is 13.5. The molecule has 1 N–H and O–H groups in total. The van der Waals surface area contributed by atoms with Gasteiger partial charge >= 0.3 is 0 Å². The largest absolute Gasteiger partial charge is 0.393 e. The Morgan fingerprint density at radius 2 is 1.97 bits per heavy atom. The lowest BCUT2D eigenvalue weighted by Gasteiger charge is -2.59. The number of aliphatic hydroxyl groups excluding tert-OH is 1. The van der Waals surface area contributed by atoms with Crippen LogP contribution in [0.1, 0.15) is 76.5 Å². The Labute approximate surface area is 174 Å². The molecule has 0 radical (unpaired) electrons. The van der Waals surface area contributed by atoms with Gasteiger partial charge in [-0.1, -0.05) is 13.8 Å². The van der Waals surface area contributed by atoms with Crippen LogP contribution in [0.5, 0.6) is 0 Å². The van der Waals surface area contributed by atoms with Crippen molar-refractivity contribution in [3.05, 3.63) is 23.0 Å². The van der Waals surface area contributed by atoms with Crippen molar-refractivity contribution in [2.24, 2.45) is 41.5 Å². The second-order valence-electron chi connectivity index (χ2n) is 11.1. The standard InChI is InChI=1S/C25H36N2O2/c1-15-17(14-26-27(15)4)11-16-12-22-20-6-5-18-13-19(28)7-9-24(18,2)21(20)8-10-25(22,3)23(16)29/h11,14,18-22,28H,5-10,12-13H2,1-4H3/b16-11+/t18-,19+,20+,21-,22-,24-,25-/m0/s1. The first kappa shape index (κ1) is 19.5. The van der Waals surface area contributed by atoms with E-state index >= 15 is 0 Å². The number of hydrogen-bond donors (Lipinski definition) is 1. The molecule has 0 aromatic carbocycles. The minimum absolute atomic E-state index is 0.0937. The Morgan fingerprint density at radius 3 is 2.69 bits per heavy atom. The van der Waals surface area contributed by atoms with Gasteiger partial charge in [-0.05, 0) is 99.0 Å². The van der Waals surface area contributed by atoms with Crippen LogP contribution in [0.2, 0.25) is 0 Å². The van der Waals surface area contributed by atoms with Crippen LogP contribution in [0.15, 0.2) is 11.8 Å². The number of carbonyl (C=O) groups excluding carboxylic acids is 1. The Bertz CT molecular complexity index is 870. The van der Waals surface area contributed by atoms with Crippen molar-refractivity contribution in [1.29, 1.82) is 0 Å². The molecule has 4 fully saturated rings. The molecule has 29 heavy (non-hydrogen) atoms. The average molecular weight is 397 g/mol. The molecule has 0 aliphatic heterocycles. The van der Waals surface area contributed by atoms with Crippen molar-refractivity contribution in [1.82, 2.24) is 9.78 Å². The Kier molecular flexibility index (Phi) is 4.40. The summed E-state index contributed by atoms with van der Waals surface area (Å²) >= 11 is 0. The fourth-order valence-electron chi connectivity index (χ4n) is 7.88. The van der Waals surface area contributed by atoms with Crippen molar-refractivity contribution in [2.45, 2.75) is 78.2 Å². The number of Topliss-reactive ketones (excluding diaryl/α,β-unsaturated/α-hetero) is 1. The highest BCUT2D eigenvalue weighted by Crippen LogP contribution is 2.66. The lowest BCUT2D eigenvalue weighted by Crippen LogP contribution is -2.54. The third kappa shape index (κ3) is 2.74. The summed E-state index contributed by atoms with van der Waals surface area (Å²) in [5.41, 5.74) is 3.42. The molecule has 1 aromatic rings. The van der Waals surface area contributed by atoms with Crippen LogP contribution in [-0.4, -0.2) is 26.8 Å². The number of carbonyl (C=O) groups is 1. The van der Waals surface area contributed by atoms with E-state index < -0.39 is 0 Å². The number of hydrogen-bond acceptors (Lipinski definition) is 3. The fourth-order valence-corrected chi connectivity index (χ4v) is 7.88. The number of aromatic nitrogens is 2. The zero-order valence-corrected chi connectivity index (χ0v) is 18.4. The molecular weight excluding hydrogens is 360 g/mol. The van der Waals surface area contributed by atoms with E-state index in [1.54, 1.807) is 0 Å². The first-order valence-electron chi connectivity index (χ1n) is 11.7. The lowest BCUT2D eigenvalue weighted by molar-refractivity contribution is -0.141. The topological polar surface area (TPSA) is 55.1 Å². The van der Waals surface area contributed by atoms with Gasteiger partial charge in [0.25, 0.3) is 0 Å². The van der Waals surface area contributed by atoms with E-state index in [1.807, 2.05) is 17.9 Å². The molecule has 0 saturated heterocycles. The minimum atomic E-state index is -0.180. The maximum absolute atomic E-state index is 13.5. The van der Waals surface area contributed by atoms with Gasteiger partial charge in [0.2, 0.25) is 0 Å². The third-order valence-electron chi connectivity index (χ3n) is 9.88. The van der Waals surface area contributed by atoms with Gasteiger partial charge in [-0.2, -0.15) is 5.10 Å². The van der Waals surface area contributed by atoms with E-state index in [4.69, 9.17) is 0 Å². The average Bonchev–Trinajstić information content (AvgIpc) is 3.14. The maximum atomic E-state index is 13.5. The molecule has 5 rings (SSSR count). The van der Waals surface area contributed by atoms with Crippen molar-refractivity contribution < 1.29 is 9.90 Å². The van der Waals surface area contributed by atoms with Crippen LogP contribution < -0.4 is 0 Å². The predicted molar refractivity (Wildman–Crippen MR) is 114 cm³/mol. The number of fused-ring (bicyclic) bond motifs is 5. The smallest absolute Gasteiger partial charge is 0.165 e. The second kappa shape index (κ2) is 6.54. The van der Waals surface area contributed by atoms with Crippen molar-refractivity contribution >= 4 is 11.9 Å². The van der Waals surface area contributed by atoms with Crippen LogP contribution in [0.3, 0.4) is 0 Å². The number of ketones is 1. The SMILES string of the molecule is Cc1c(/C=C2\C[C@H]3[C@@H]4CC[C@H]5C[C@H](O)CC[C@]5(C)[C@H]4CC[C@]3(C)C2=O)cnn1C. The van der Waals surface area contributed by atoms with E-state index in [-0.39, 0.29) is 11.5 Å². The second-order valence-corrected chi connectivity index (χ2v) is 11.1. The van der Waals surface area contributed by atoms with Crippen molar-refractivity contribution in [3.63, 3.8) is 0 Å². The van der Waals surface area contributed by atoms with Gasteiger partial charge in [0.15, 0.2) is 5.78 Å². The fraction of sp³-hybridized carbons (Fsp3) is 0.760. The zero-order chi connectivity index (χ0) is 20.6. The molecule has 1 heterocycles. The highest BCUT2D eigenvalue weighted by molar-refractivity contribution is 6.06. The molecule has 1 aromatic heterocycles. The summed E-state index contributed by atoms with van der Waals surface area (Å²) in [7, 11) is 1.96. The van der Waals surface area contributed by atoms with Crippen LogP contribution in [0, 0.1) is 41.4 Å². The normalized spacial score (nSPS) is 45.8. The summed E-state index contributed by atoms with van der Waals surface area (Å²) in [5.74, 6) is 2.94. The molecule has 4 aliphatic rings. The van der Waals surface area contributed by atoms with E-state index in [0.29, 0.717) is 29.0 Å². The molecule has 4 nitrogen and oxygen atoms in total. The monoisotopic (exact) mass is 396 g/mol. The van der Waals surface area contributed by atoms with Gasteiger partial charge in [-0.3, -0.25) is 9.48 Å². The highest BCUT2D eigenvalue weighted by atomic mass is 16.3. The Balaban J connectivity index is 1.46. The molecule has 0 spiro atoms. The quantitative estimate of drug-likeness (QED) is 0.701. The predicted octanol–water partition coefficient (Wildman–Crippen LogP) is 4.69. The number of nitrogens with zero attached hydrogens (tertiary/aromatic N) is 2. The van der Waals surface area contributed by atoms with Crippen LogP contribution in [-0.2, 0) is 11.8 Å². The Morgan fingerprint density at radius 1 is 1.17 bits per heavy atom. The number of rotatable bonds is 1. The molecule has 0 unspecified atom stereocenters. The van der Waals surface area contributed by atoms with E-state index in [0.717, 1.165) is 54.9 Å². The van der Waals surface area contributed by atoms with Gasteiger partial charge in [0.05, 0.1) is 12.3 Å². The third-order valence-corrected chi connectivity index (χ3v) is 9.88. The molecule has 0 amide bonds. The zero-order valence-electron chi connectivity index (χ0n) is 18.4. The molecule has 0 bridgehead atoms. The van der Waals surface area contributed by atoms with Gasteiger partial charge in [0.1, 0.15) is 0 Å². The minimum Gasteiger partial charge on any atom is -0.393 e. The van der Waals surface area contributed by atoms with E-state index in [2.05, 4.69) is 31.9 Å². The van der Waals surface area contributed by atoms with Gasteiger partial charge in [-0.15, -0.1) is 0 Å². The molecule has 4 aliphatic carbocycles. The van der Waals surface area contributed by atoms with Gasteiger partial charge in [0, 0.05) is 23.7 Å². The summed E-state index contributed by atoms with van der Waals surface area (Å²) in [6.45, 7) is 6.84. The molecule has 4 saturated carbocycles. The number of allylic oxidation sites excluding steroid dienone is 1. The van der Waals surface area contributed by atoms with E-state index in [1.165, 1.54) is 19.3 Å². The highest BCUT2D eigenvalue weighted by Gasteiger charge is 2.61. The van der Waals surface area contributed by atoms with Crippen molar-refractivity contribution in [3.8, 4) is 0 Å². The lowest BCUT2D eigenvalue weighted by atomic mass is 9.45. The maximum Gasteiger partial charge on any atom is 0.165 e.